The Balaban J connectivity index is 1.73. The molecule has 2 heterocycles. The van der Waals surface area contributed by atoms with Crippen LogP contribution in [0.4, 0.5) is 10.1 Å². The van der Waals surface area contributed by atoms with Crippen molar-refractivity contribution in [2.24, 2.45) is 15.9 Å². The lowest BCUT2D eigenvalue weighted by molar-refractivity contribution is 0.628. The van der Waals surface area contributed by atoms with Crippen molar-refractivity contribution < 1.29 is 4.39 Å². The lowest BCUT2D eigenvalue weighted by Crippen LogP contribution is -2.36. The second-order valence-electron chi connectivity index (χ2n) is 5.87. The predicted octanol–water partition coefficient (Wildman–Crippen LogP) is 5.02. The summed E-state index contributed by atoms with van der Waals surface area (Å²) in [4.78, 5) is 13.6. The molecule has 130 valence electrons. The summed E-state index contributed by atoms with van der Waals surface area (Å²) in [5.41, 5.74) is 1.53. The first kappa shape index (κ1) is 17.4. The number of nitrogens with one attached hydrogen (secondary N) is 1. The van der Waals surface area contributed by atoms with Crippen LogP contribution in [0.5, 0.6) is 0 Å². The third-order valence-corrected chi connectivity index (χ3v) is 5.09. The van der Waals surface area contributed by atoms with Crippen molar-refractivity contribution in [3.63, 3.8) is 0 Å². The zero-order chi connectivity index (χ0) is 18.1. The molecule has 2 aliphatic rings. The van der Waals surface area contributed by atoms with Crippen LogP contribution >= 0.6 is 34.2 Å². The summed E-state index contributed by atoms with van der Waals surface area (Å²) in [5.74, 6) is 0.888. The van der Waals surface area contributed by atoms with Crippen molar-refractivity contribution in [3.8, 4) is 0 Å². The molecule has 0 saturated heterocycles. The number of hydrogen-bond acceptors (Lipinski definition) is 4. The molecule has 2 unspecified atom stereocenters. The zero-order valence-electron chi connectivity index (χ0n) is 13.4. The molecule has 4 nitrogen and oxygen atoms in total. The molecule has 2 atom stereocenters. The number of anilines is 1. The number of aromatic nitrogens is 1. The highest BCUT2D eigenvalue weighted by Gasteiger charge is 2.30. The van der Waals surface area contributed by atoms with Gasteiger partial charge in [0, 0.05) is 27.2 Å². The number of fused-ring (bicyclic) bond motifs is 1. The predicted molar refractivity (Wildman–Crippen MR) is 112 cm³/mol. The van der Waals surface area contributed by atoms with Crippen LogP contribution in [0.15, 0.2) is 74.5 Å². The van der Waals surface area contributed by atoms with Crippen molar-refractivity contribution in [2.45, 2.75) is 6.04 Å². The maximum atomic E-state index is 13.4. The fourth-order valence-corrected chi connectivity index (χ4v) is 3.60. The lowest BCUT2D eigenvalue weighted by Gasteiger charge is -2.28. The topological polar surface area (TPSA) is 49.6 Å². The van der Waals surface area contributed by atoms with E-state index in [2.05, 4.69) is 45.0 Å². The number of rotatable bonds is 2. The van der Waals surface area contributed by atoms with Crippen molar-refractivity contribution in [1.82, 2.24) is 4.98 Å². The first-order chi connectivity index (χ1) is 12.6. The van der Waals surface area contributed by atoms with Gasteiger partial charge in [0.05, 0.1) is 17.0 Å². The van der Waals surface area contributed by atoms with Crippen molar-refractivity contribution >= 4 is 51.6 Å². The van der Waals surface area contributed by atoms with Crippen molar-refractivity contribution in [1.29, 1.82) is 0 Å². The Bertz CT molecular complexity index is 969. The molecule has 1 aliphatic carbocycles. The van der Waals surface area contributed by atoms with Crippen LogP contribution in [-0.2, 0) is 0 Å². The molecule has 26 heavy (non-hydrogen) atoms. The quantitative estimate of drug-likeness (QED) is 0.616. The second-order valence-corrected chi connectivity index (χ2v) is 7.53. The molecule has 1 aromatic carbocycles. The first-order valence-electron chi connectivity index (χ1n) is 7.94. The Hall–Kier alpha value is -2.06. The summed E-state index contributed by atoms with van der Waals surface area (Å²) in [7, 11) is 0. The average Bonchev–Trinajstić information content (AvgIpc) is 2.65. The Morgan fingerprint density at radius 2 is 2.12 bits per heavy atom. The molecule has 1 aromatic heterocycles. The molecule has 7 heteroatoms. The standard InChI is InChI=1S/C19H13ClFIN4/c20-15-9-13(4-5-16(15)21)24-19-14-8-12(22)3-6-17(14)25-18(26-19)11-2-1-7-23-10-11/h1-10,14,17H,(H,24,25,26). The smallest absolute Gasteiger partial charge is 0.158 e. The van der Waals surface area contributed by atoms with Gasteiger partial charge in [-0.25, -0.2) is 9.38 Å². The molecule has 1 aliphatic heterocycles. The van der Waals surface area contributed by atoms with E-state index in [4.69, 9.17) is 21.6 Å². The molecule has 1 N–H and O–H groups in total. The molecule has 0 radical (unpaired) electrons. The molecular formula is C19H13ClFIN4. The number of allylic oxidation sites excluding steroid dienone is 2. The SMILES string of the molecule is Fc1ccc(NC2=NC(c3cccnc3)=NC3C=CC(I)=CC23)cc1Cl. The summed E-state index contributed by atoms with van der Waals surface area (Å²) in [5, 5.41) is 3.35. The van der Waals surface area contributed by atoms with Gasteiger partial charge in [0.25, 0.3) is 0 Å². The minimum atomic E-state index is -0.451. The number of halogens is 3. The molecule has 4 rings (SSSR count). The summed E-state index contributed by atoms with van der Waals surface area (Å²) < 4.78 is 14.6. The van der Waals surface area contributed by atoms with E-state index in [1.807, 2.05) is 18.2 Å². The largest absolute Gasteiger partial charge is 0.343 e. The number of benzene rings is 1. The van der Waals surface area contributed by atoms with Gasteiger partial charge in [-0.3, -0.25) is 9.98 Å². The molecule has 0 fully saturated rings. The molecular weight excluding hydrogens is 466 g/mol. The number of hydrogen-bond donors (Lipinski definition) is 1. The van der Waals surface area contributed by atoms with Gasteiger partial charge in [0.2, 0.25) is 0 Å². The minimum Gasteiger partial charge on any atom is -0.343 e. The van der Waals surface area contributed by atoms with Gasteiger partial charge in [-0.15, -0.1) is 0 Å². The Morgan fingerprint density at radius 3 is 2.88 bits per heavy atom. The monoisotopic (exact) mass is 478 g/mol. The summed E-state index contributed by atoms with van der Waals surface area (Å²) in [6.07, 6.45) is 9.68. The number of amidine groups is 2. The third kappa shape index (κ3) is 3.57. The van der Waals surface area contributed by atoms with Crippen LogP contribution in [0.2, 0.25) is 5.02 Å². The van der Waals surface area contributed by atoms with E-state index >= 15 is 0 Å². The lowest BCUT2D eigenvalue weighted by atomic mass is 9.92. The highest BCUT2D eigenvalue weighted by atomic mass is 127. The summed E-state index contributed by atoms with van der Waals surface area (Å²) in [6, 6.07) is 8.25. The van der Waals surface area contributed by atoms with Crippen molar-refractivity contribution in [2.75, 3.05) is 5.32 Å². The Morgan fingerprint density at radius 1 is 1.23 bits per heavy atom. The van der Waals surface area contributed by atoms with Gasteiger partial charge in [-0.05, 0) is 52.9 Å². The van der Waals surface area contributed by atoms with Crippen LogP contribution in [0.3, 0.4) is 0 Å². The molecule has 0 bridgehead atoms. The maximum absolute atomic E-state index is 13.4. The Labute approximate surface area is 168 Å². The highest BCUT2D eigenvalue weighted by Crippen LogP contribution is 2.29. The highest BCUT2D eigenvalue weighted by molar-refractivity contribution is 14.1. The van der Waals surface area contributed by atoms with E-state index in [1.54, 1.807) is 24.5 Å². The molecule has 0 spiro atoms. The van der Waals surface area contributed by atoms with Gasteiger partial charge >= 0.3 is 0 Å². The van der Waals surface area contributed by atoms with E-state index in [0.29, 0.717) is 11.5 Å². The van der Waals surface area contributed by atoms with Crippen LogP contribution in [0.1, 0.15) is 5.56 Å². The van der Waals surface area contributed by atoms with Crippen LogP contribution in [0.25, 0.3) is 0 Å². The average molecular weight is 479 g/mol. The number of aliphatic imine (C=N–C) groups is 2. The first-order valence-corrected chi connectivity index (χ1v) is 9.40. The van der Waals surface area contributed by atoms with Gasteiger partial charge in [-0.2, -0.15) is 0 Å². The molecule has 2 aromatic rings. The summed E-state index contributed by atoms with van der Waals surface area (Å²) in [6.45, 7) is 0. The van der Waals surface area contributed by atoms with Gasteiger partial charge < -0.3 is 5.32 Å². The van der Waals surface area contributed by atoms with Gasteiger partial charge in [0.1, 0.15) is 11.7 Å². The van der Waals surface area contributed by atoms with Gasteiger partial charge in [0.15, 0.2) is 5.84 Å². The van der Waals surface area contributed by atoms with E-state index in [-0.39, 0.29) is 17.0 Å². The van der Waals surface area contributed by atoms with Crippen molar-refractivity contribution in [3.05, 3.63) is 80.9 Å². The summed E-state index contributed by atoms with van der Waals surface area (Å²) >= 11 is 8.18. The molecule has 0 amide bonds. The van der Waals surface area contributed by atoms with Crippen LogP contribution in [-0.4, -0.2) is 22.7 Å². The van der Waals surface area contributed by atoms with Crippen LogP contribution < -0.4 is 5.32 Å². The normalized spacial score (nSPS) is 21.4. The molecule has 0 saturated carbocycles. The van der Waals surface area contributed by atoms with E-state index in [9.17, 15) is 4.39 Å². The fraction of sp³-hybridized carbons (Fsp3) is 0.105. The zero-order valence-corrected chi connectivity index (χ0v) is 16.3. The fourth-order valence-electron chi connectivity index (χ4n) is 2.83. The van der Waals surface area contributed by atoms with E-state index in [0.717, 1.165) is 15.0 Å². The van der Waals surface area contributed by atoms with Gasteiger partial charge in [-0.1, -0.05) is 29.8 Å². The number of pyridine rings is 1. The number of nitrogens with zero attached hydrogens (tertiary/aromatic N) is 3. The maximum Gasteiger partial charge on any atom is 0.158 e. The Kier molecular flexibility index (Phi) is 4.86. The second kappa shape index (κ2) is 7.28. The van der Waals surface area contributed by atoms with Crippen LogP contribution in [0, 0.1) is 11.7 Å². The van der Waals surface area contributed by atoms with E-state index in [1.165, 1.54) is 6.07 Å². The third-order valence-electron chi connectivity index (χ3n) is 4.08. The minimum absolute atomic E-state index is 0.0175. The van der Waals surface area contributed by atoms with E-state index < -0.39 is 5.82 Å².